The van der Waals surface area contributed by atoms with Crippen molar-refractivity contribution in [2.45, 2.75) is 45.3 Å². The summed E-state index contributed by atoms with van der Waals surface area (Å²) in [6.07, 6.45) is 4.06. The van der Waals surface area contributed by atoms with Gasteiger partial charge in [-0.05, 0) is 12.8 Å². The normalized spacial score (nSPS) is 12.4. The molecule has 4 nitrogen and oxygen atoms in total. The molecule has 0 aliphatic rings. The number of hydrogen-bond donors (Lipinski definition) is 2. The molecule has 0 saturated carbocycles. The number of halogens is 2. The smallest absolute Gasteiger partial charge is 0.319 e. The Hall–Kier alpha value is -1.01. The highest BCUT2D eigenvalue weighted by Crippen LogP contribution is 2.17. The second-order valence-corrected chi connectivity index (χ2v) is 4.03. The van der Waals surface area contributed by atoms with Crippen LogP contribution in [0, 0.1) is 0 Å². The zero-order chi connectivity index (χ0) is 12.9. The van der Waals surface area contributed by atoms with E-state index >= 15 is 0 Å². The second kappa shape index (κ2) is 6.07. The maximum Gasteiger partial charge on any atom is 0.319 e. The van der Waals surface area contributed by atoms with E-state index < -0.39 is 12.1 Å². The van der Waals surface area contributed by atoms with Gasteiger partial charge >= 0.3 is 6.55 Å². The Kier molecular flexibility index (Phi) is 5.02. The van der Waals surface area contributed by atoms with E-state index in [-0.39, 0.29) is 19.0 Å². The topological polar surface area (TPSA) is 50.1 Å². The maximum atomic E-state index is 12.6. The average molecular weight is 247 g/mol. The van der Waals surface area contributed by atoms with E-state index in [9.17, 15) is 13.9 Å². The minimum atomic E-state index is -2.58. The highest BCUT2D eigenvalue weighted by molar-refractivity contribution is 4.95. The molecule has 0 radical (unpaired) electrons. The molecule has 0 amide bonds. The van der Waals surface area contributed by atoms with Gasteiger partial charge in [-0.2, -0.15) is 8.78 Å². The maximum absolute atomic E-state index is 12.6. The molecule has 0 atom stereocenters. The highest BCUT2D eigenvalue weighted by Gasteiger charge is 2.25. The number of rotatable bonds is 7. The molecule has 0 unspecified atom stereocenters. The predicted octanol–water partition coefficient (Wildman–Crippen LogP) is 1.92. The fourth-order valence-corrected chi connectivity index (χ4v) is 1.70. The molecule has 0 aromatic carbocycles. The van der Waals surface area contributed by atoms with Gasteiger partial charge in [0.15, 0.2) is 0 Å². The Balaban J connectivity index is 2.69. The van der Waals surface area contributed by atoms with Crippen molar-refractivity contribution in [1.82, 2.24) is 14.9 Å². The number of aliphatic hydroxyl groups excluding tert-OH is 1. The van der Waals surface area contributed by atoms with Crippen molar-refractivity contribution >= 4 is 0 Å². The third-order valence-corrected chi connectivity index (χ3v) is 3.24. The molecule has 98 valence electrons. The lowest BCUT2D eigenvalue weighted by atomic mass is 9.94. The first kappa shape index (κ1) is 14.1. The number of aromatic nitrogens is 2. The van der Waals surface area contributed by atoms with E-state index in [2.05, 4.69) is 10.3 Å². The molecule has 1 rings (SSSR count). The summed E-state index contributed by atoms with van der Waals surface area (Å²) in [5.74, 6) is 0.278. The molecule has 2 N–H and O–H groups in total. The van der Waals surface area contributed by atoms with Gasteiger partial charge in [0.25, 0.3) is 0 Å². The summed E-state index contributed by atoms with van der Waals surface area (Å²) in [7, 11) is 0. The fraction of sp³-hybridized carbons (Fsp3) is 0.727. The molecule has 6 heteroatoms. The van der Waals surface area contributed by atoms with Gasteiger partial charge in [0.2, 0.25) is 0 Å². The number of nitrogens with one attached hydrogen (secondary N) is 1. The number of alkyl halides is 2. The number of hydrogen-bond acceptors (Lipinski definition) is 3. The Morgan fingerprint density at radius 2 is 2.12 bits per heavy atom. The van der Waals surface area contributed by atoms with Gasteiger partial charge < -0.3 is 10.4 Å². The predicted molar refractivity (Wildman–Crippen MR) is 60.7 cm³/mol. The molecule has 0 bridgehead atoms. The first-order valence-electron chi connectivity index (χ1n) is 5.74. The van der Waals surface area contributed by atoms with Gasteiger partial charge in [-0.15, -0.1) is 0 Å². The van der Waals surface area contributed by atoms with E-state index in [0.717, 1.165) is 17.4 Å². The molecule has 17 heavy (non-hydrogen) atoms. The van der Waals surface area contributed by atoms with Gasteiger partial charge in [0.1, 0.15) is 5.82 Å². The van der Waals surface area contributed by atoms with Crippen molar-refractivity contribution in [2.24, 2.45) is 0 Å². The minimum absolute atomic E-state index is 0.0185. The lowest BCUT2D eigenvalue weighted by Crippen LogP contribution is -2.47. The summed E-state index contributed by atoms with van der Waals surface area (Å²) in [4.78, 5) is 3.88. The zero-order valence-corrected chi connectivity index (χ0v) is 10.2. The van der Waals surface area contributed by atoms with E-state index in [4.69, 9.17) is 0 Å². The summed E-state index contributed by atoms with van der Waals surface area (Å²) in [6.45, 7) is 1.52. The number of aliphatic hydroxyl groups is 1. The highest BCUT2D eigenvalue weighted by atomic mass is 19.3. The van der Waals surface area contributed by atoms with E-state index in [0.29, 0.717) is 0 Å². The van der Waals surface area contributed by atoms with Crippen LogP contribution >= 0.6 is 0 Å². The van der Waals surface area contributed by atoms with Crippen LogP contribution in [0.25, 0.3) is 0 Å². The summed E-state index contributed by atoms with van der Waals surface area (Å²) in [5.41, 5.74) is -0.418. The number of nitrogens with zero attached hydrogens (tertiary/aromatic N) is 2. The SMILES string of the molecule is CCC(CC)(CO)NCc1nccn1C(F)F. The molecular weight excluding hydrogens is 228 g/mol. The van der Waals surface area contributed by atoms with Gasteiger partial charge in [0, 0.05) is 17.9 Å². The van der Waals surface area contributed by atoms with Crippen LogP contribution in [0.5, 0.6) is 0 Å². The van der Waals surface area contributed by atoms with Crippen molar-refractivity contribution < 1.29 is 13.9 Å². The third-order valence-electron chi connectivity index (χ3n) is 3.24. The Bertz CT molecular complexity index is 329. The molecule has 0 spiro atoms. The lowest BCUT2D eigenvalue weighted by Gasteiger charge is -2.30. The lowest BCUT2D eigenvalue weighted by molar-refractivity contribution is 0.0652. The Labute approximate surface area is 99.7 Å². The summed E-state index contributed by atoms with van der Waals surface area (Å²) < 4.78 is 26.0. The monoisotopic (exact) mass is 247 g/mol. The minimum Gasteiger partial charge on any atom is -0.394 e. The van der Waals surface area contributed by atoms with Gasteiger partial charge in [-0.25, -0.2) is 4.98 Å². The first-order chi connectivity index (χ1) is 8.08. The van der Waals surface area contributed by atoms with Crippen LogP contribution < -0.4 is 5.32 Å². The Morgan fingerprint density at radius 1 is 1.47 bits per heavy atom. The van der Waals surface area contributed by atoms with E-state index in [1.807, 2.05) is 13.8 Å². The fourth-order valence-electron chi connectivity index (χ4n) is 1.70. The van der Waals surface area contributed by atoms with Crippen molar-refractivity contribution in [1.29, 1.82) is 0 Å². The number of imidazole rings is 1. The second-order valence-electron chi connectivity index (χ2n) is 4.03. The molecule has 0 aliphatic heterocycles. The van der Waals surface area contributed by atoms with Crippen LogP contribution in [0.15, 0.2) is 12.4 Å². The van der Waals surface area contributed by atoms with E-state index in [1.165, 1.54) is 12.4 Å². The summed E-state index contributed by atoms with van der Waals surface area (Å²) >= 11 is 0. The van der Waals surface area contributed by atoms with Crippen LogP contribution in [0.3, 0.4) is 0 Å². The van der Waals surface area contributed by atoms with Crippen LogP contribution in [-0.4, -0.2) is 26.8 Å². The molecular formula is C11H19F2N3O. The largest absolute Gasteiger partial charge is 0.394 e. The molecule has 1 aromatic rings. The van der Waals surface area contributed by atoms with Gasteiger partial charge in [-0.3, -0.25) is 4.57 Å². The molecule has 0 aliphatic carbocycles. The molecule has 1 heterocycles. The molecule has 1 aromatic heterocycles. The standard InChI is InChI=1S/C11H19F2N3O/c1-3-11(4-2,8-17)15-7-9-14-5-6-16(9)10(12)13/h5-6,10,15,17H,3-4,7-8H2,1-2H3. The van der Waals surface area contributed by atoms with Crippen LogP contribution in [-0.2, 0) is 6.54 Å². The van der Waals surface area contributed by atoms with Crippen molar-refractivity contribution in [3.8, 4) is 0 Å². The molecule has 0 fully saturated rings. The van der Waals surface area contributed by atoms with Crippen molar-refractivity contribution in [3.63, 3.8) is 0 Å². The first-order valence-corrected chi connectivity index (χ1v) is 5.74. The van der Waals surface area contributed by atoms with Gasteiger partial charge in [0.05, 0.1) is 13.2 Å². The quantitative estimate of drug-likeness (QED) is 0.774. The zero-order valence-electron chi connectivity index (χ0n) is 10.2. The van der Waals surface area contributed by atoms with Crippen LogP contribution in [0.4, 0.5) is 8.78 Å². The van der Waals surface area contributed by atoms with E-state index in [1.54, 1.807) is 0 Å². The average Bonchev–Trinajstić information content (AvgIpc) is 2.80. The molecule has 0 saturated heterocycles. The van der Waals surface area contributed by atoms with Crippen molar-refractivity contribution in [3.05, 3.63) is 18.2 Å². The Morgan fingerprint density at radius 3 is 2.59 bits per heavy atom. The third kappa shape index (κ3) is 3.23. The summed E-state index contributed by atoms with van der Waals surface area (Å²) in [6, 6.07) is 0. The summed E-state index contributed by atoms with van der Waals surface area (Å²) in [5, 5.41) is 12.5. The van der Waals surface area contributed by atoms with Gasteiger partial charge in [-0.1, -0.05) is 13.8 Å². The van der Waals surface area contributed by atoms with Crippen LogP contribution in [0.2, 0.25) is 0 Å². The van der Waals surface area contributed by atoms with Crippen molar-refractivity contribution in [2.75, 3.05) is 6.61 Å². The van der Waals surface area contributed by atoms with Crippen LogP contribution in [0.1, 0.15) is 39.1 Å².